The first-order valence-electron chi connectivity index (χ1n) is 7.80. The lowest BCUT2D eigenvalue weighted by Gasteiger charge is -2.25. The average molecular weight is 251 g/mol. The Labute approximate surface area is 112 Å². The molecule has 0 aromatic rings. The van der Waals surface area contributed by atoms with Crippen molar-refractivity contribution in [2.45, 2.75) is 53.4 Å². The molecule has 0 radical (unpaired) electrons. The molecule has 2 saturated carbocycles. The van der Waals surface area contributed by atoms with Crippen LogP contribution in [0.3, 0.4) is 0 Å². The summed E-state index contributed by atoms with van der Waals surface area (Å²) in [6.07, 6.45) is 5.26. The van der Waals surface area contributed by atoms with Gasteiger partial charge in [-0.1, -0.05) is 40.5 Å². The standard InChI is InChI=1S/C16H29NO/c1-10(2)14(11(3)4)9-17-16(18)15-12-7-5-6-8-13(12)15/h10-15H,5-9H2,1-4H3,(H,17,18). The second-order valence-corrected chi connectivity index (χ2v) is 7.03. The fourth-order valence-electron chi connectivity index (χ4n) is 3.96. The molecule has 2 rings (SSSR count). The van der Waals surface area contributed by atoms with Gasteiger partial charge in [0.05, 0.1) is 0 Å². The maximum atomic E-state index is 12.2. The number of hydrogen-bond acceptors (Lipinski definition) is 1. The highest BCUT2D eigenvalue weighted by atomic mass is 16.2. The highest BCUT2D eigenvalue weighted by Crippen LogP contribution is 2.55. The molecule has 2 aliphatic carbocycles. The maximum absolute atomic E-state index is 12.2. The van der Waals surface area contributed by atoms with E-state index in [-0.39, 0.29) is 0 Å². The van der Waals surface area contributed by atoms with Gasteiger partial charge in [-0.15, -0.1) is 0 Å². The highest BCUT2D eigenvalue weighted by molar-refractivity contribution is 5.82. The number of carbonyl (C=O) groups is 1. The van der Waals surface area contributed by atoms with Crippen molar-refractivity contribution in [3.05, 3.63) is 0 Å². The summed E-state index contributed by atoms with van der Waals surface area (Å²) in [5.74, 6) is 4.07. The topological polar surface area (TPSA) is 29.1 Å². The zero-order valence-electron chi connectivity index (χ0n) is 12.4. The SMILES string of the molecule is CC(C)C(CNC(=O)C1C2CCCCC21)C(C)C. The van der Waals surface area contributed by atoms with E-state index in [2.05, 4.69) is 33.0 Å². The summed E-state index contributed by atoms with van der Waals surface area (Å²) in [5.41, 5.74) is 0. The van der Waals surface area contributed by atoms with Crippen molar-refractivity contribution >= 4 is 5.91 Å². The third-order valence-electron chi connectivity index (χ3n) is 5.18. The van der Waals surface area contributed by atoms with E-state index in [1.807, 2.05) is 0 Å². The van der Waals surface area contributed by atoms with Crippen LogP contribution in [0, 0.1) is 35.5 Å². The van der Waals surface area contributed by atoms with Gasteiger partial charge in [-0.05, 0) is 42.4 Å². The fourth-order valence-corrected chi connectivity index (χ4v) is 3.96. The predicted molar refractivity (Wildman–Crippen MR) is 75.1 cm³/mol. The third-order valence-corrected chi connectivity index (χ3v) is 5.18. The minimum atomic E-state index is 0.346. The lowest BCUT2D eigenvalue weighted by molar-refractivity contribution is -0.123. The molecule has 2 nitrogen and oxygen atoms in total. The van der Waals surface area contributed by atoms with Gasteiger partial charge in [-0.3, -0.25) is 4.79 Å². The Morgan fingerprint density at radius 3 is 2.00 bits per heavy atom. The molecule has 0 heterocycles. The zero-order valence-corrected chi connectivity index (χ0v) is 12.4. The molecule has 2 fully saturated rings. The zero-order chi connectivity index (χ0) is 13.3. The van der Waals surface area contributed by atoms with E-state index in [1.54, 1.807) is 0 Å². The number of fused-ring (bicyclic) bond motifs is 1. The summed E-state index contributed by atoms with van der Waals surface area (Å²) in [6, 6.07) is 0. The Kier molecular flexibility index (Phi) is 4.34. The molecule has 2 heteroatoms. The summed E-state index contributed by atoms with van der Waals surface area (Å²) >= 11 is 0. The molecule has 1 N–H and O–H groups in total. The summed E-state index contributed by atoms with van der Waals surface area (Å²) in [4.78, 5) is 12.2. The minimum absolute atomic E-state index is 0.346. The van der Waals surface area contributed by atoms with Crippen LogP contribution in [0.15, 0.2) is 0 Å². The van der Waals surface area contributed by atoms with Gasteiger partial charge in [-0.2, -0.15) is 0 Å². The molecule has 2 atom stereocenters. The van der Waals surface area contributed by atoms with Gasteiger partial charge >= 0.3 is 0 Å². The third kappa shape index (κ3) is 2.89. The Morgan fingerprint density at radius 2 is 1.56 bits per heavy atom. The van der Waals surface area contributed by atoms with Crippen LogP contribution in [0.5, 0.6) is 0 Å². The largest absolute Gasteiger partial charge is 0.356 e. The maximum Gasteiger partial charge on any atom is 0.223 e. The lowest BCUT2D eigenvalue weighted by atomic mass is 9.85. The van der Waals surface area contributed by atoms with Crippen LogP contribution in [0.2, 0.25) is 0 Å². The monoisotopic (exact) mass is 251 g/mol. The van der Waals surface area contributed by atoms with Crippen molar-refractivity contribution in [1.29, 1.82) is 0 Å². The van der Waals surface area contributed by atoms with Gasteiger partial charge in [-0.25, -0.2) is 0 Å². The molecule has 0 bridgehead atoms. The number of hydrogen-bond donors (Lipinski definition) is 1. The van der Waals surface area contributed by atoms with Crippen molar-refractivity contribution in [3.8, 4) is 0 Å². The summed E-state index contributed by atoms with van der Waals surface area (Å²) in [6.45, 7) is 9.90. The van der Waals surface area contributed by atoms with Crippen molar-refractivity contribution in [3.63, 3.8) is 0 Å². The van der Waals surface area contributed by atoms with Gasteiger partial charge < -0.3 is 5.32 Å². The minimum Gasteiger partial charge on any atom is -0.356 e. The van der Waals surface area contributed by atoms with E-state index < -0.39 is 0 Å². The number of amides is 1. The molecule has 2 unspecified atom stereocenters. The fraction of sp³-hybridized carbons (Fsp3) is 0.938. The average Bonchev–Trinajstić information content (AvgIpc) is 3.02. The summed E-state index contributed by atoms with van der Waals surface area (Å²) in [5, 5.41) is 3.22. The first-order chi connectivity index (χ1) is 8.52. The van der Waals surface area contributed by atoms with Crippen molar-refractivity contribution < 1.29 is 4.79 Å². The van der Waals surface area contributed by atoms with Crippen LogP contribution in [-0.2, 0) is 4.79 Å². The van der Waals surface area contributed by atoms with E-state index in [0.717, 1.165) is 18.4 Å². The van der Waals surface area contributed by atoms with Crippen molar-refractivity contribution in [2.24, 2.45) is 35.5 Å². The number of carbonyl (C=O) groups excluding carboxylic acids is 1. The van der Waals surface area contributed by atoms with Crippen LogP contribution in [0.1, 0.15) is 53.4 Å². The molecule has 104 valence electrons. The molecule has 1 amide bonds. The van der Waals surface area contributed by atoms with Gasteiger partial charge in [0.25, 0.3) is 0 Å². The van der Waals surface area contributed by atoms with Crippen LogP contribution in [-0.4, -0.2) is 12.5 Å². The van der Waals surface area contributed by atoms with Crippen molar-refractivity contribution in [1.82, 2.24) is 5.32 Å². The quantitative estimate of drug-likeness (QED) is 0.796. The van der Waals surface area contributed by atoms with E-state index in [4.69, 9.17) is 0 Å². The van der Waals surface area contributed by atoms with E-state index >= 15 is 0 Å². The molecule has 18 heavy (non-hydrogen) atoms. The number of rotatable bonds is 5. The first kappa shape index (κ1) is 13.9. The Bertz CT molecular complexity index is 277. The normalized spacial score (nSPS) is 30.7. The number of nitrogens with one attached hydrogen (secondary N) is 1. The lowest BCUT2D eigenvalue weighted by Crippen LogP contribution is -2.35. The first-order valence-corrected chi connectivity index (χ1v) is 7.80. The van der Waals surface area contributed by atoms with E-state index in [1.165, 1.54) is 25.7 Å². The molecule has 0 aromatic heterocycles. The van der Waals surface area contributed by atoms with Crippen LogP contribution >= 0.6 is 0 Å². The molecular weight excluding hydrogens is 222 g/mol. The van der Waals surface area contributed by atoms with Crippen LogP contribution in [0.4, 0.5) is 0 Å². The Balaban J connectivity index is 1.78. The highest BCUT2D eigenvalue weighted by Gasteiger charge is 2.54. The van der Waals surface area contributed by atoms with Gasteiger partial charge in [0.2, 0.25) is 5.91 Å². The predicted octanol–water partition coefficient (Wildman–Crippen LogP) is 3.47. The molecule has 0 saturated heterocycles. The molecule has 0 aromatic carbocycles. The Morgan fingerprint density at radius 1 is 1.06 bits per heavy atom. The molecular formula is C16H29NO. The second kappa shape index (κ2) is 5.63. The smallest absolute Gasteiger partial charge is 0.223 e. The van der Waals surface area contributed by atoms with E-state index in [9.17, 15) is 4.79 Å². The van der Waals surface area contributed by atoms with Gasteiger partial charge in [0.1, 0.15) is 0 Å². The molecule has 2 aliphatic rings. The second-order valence-electron chi connectivity index (χ2n) is 7.03. The van der Waals surface area contributed by atoms with Gasteiger partial charge in [0, 0.05) is 12.5 Å². The van der Waals surface area contributed by atoms with Crippen LogP contribution in [0.25, 0.3) is 0 Å². The summed E-state index contributed by atoms with van der Waals surface area (Å²) < 4.78 is 0. The molecule has 0 aliphatic heterocycles. The molecule has 0 spiro atoms. The Hall–Kier alpha value is -0.530. The summed E-state index contributed by atoms with van der Waals surface area (Å²) in [7, 11) is 0. The van der Waals surface area contributed by atoms with Crippen molar-refractivity contribution in [2.75, 3.05) is 6.54 Å². The van der Waals surface area contributed by atoms with E-state index in [0.29, 0.717) is 29.6 Å². The van der Waals surface area contributed by atoms with Gasteiger partial charge in [0.15, 0.2) is 0 Å². The van der Waals surface area contributed by atoms with Crippen LogP contribution < -0.4 is 5.32 Å².